The summed E-state index contributed by atoms with van der Waals surface area (Å²) in [6, 6.07) is 0. The van der Waals surface area contributed by atoms with E-state index in [-0.39, 0.29) is 0 Å². The first-order valence-corrected chi connectivity index (χ1v) is 4.92. The second-order valence-electron chi connectivity index (χ2n) is 3.04. The molecule has 90 valence electrons. The van der Waals surface area contributed by atoms with Crippen LogP contribution in [-0.4, -0.2) is 31.0 Å². The van der Waals surface area contributed by atoms with Gasteiger partial charge in [-0.3, -0.25) is 0 Å². The zero-order valence-corrected chi connectivity index (χ0v) is 7.47. The smallest absolute Gasteiger partial charge is 0.229 e. The number of hydrogen-bond acceptors (Lipinski definition) is 2. The maximum atomic E-state index is 12.8. The largest absolute Gasteiger partial charge is 0.426 e. The molecule has 0 bridgehead atoms. The lowest BCUT2D eigenvalue weighted by molar-refractivity contribution is -0.245. The van der Waals surface area contributed by atoms with Gasteiger partial charge in [0.15, 0.2) is 0 Å². The third-order valence-electron chi connectivity index (χ3n) is 1.98. The van der Waals surface area contributed by atoms with E-state index < -0.39 is 38.9 Å². The van der Waals surface area contributed by atoms with Gasteiger partial charge in [0, 0.05) is 0 Å². The first-order valence-electron chi connectivity index (χ1n) is 3.37. The average molecular weight is 260 g/mol. The molecule has 1 aliphatic heterocycles. The van der Waals surface area contributed by atoms with Gasteiger partial charge in [0.05, 0.1) is 6.42 Å². The van der Waals surface area contributed by atoms with Crippen LogP contribution >= 0.6 is 0 Å². The van der Waals surface area contributed by atoms with Crippen molar-refractivity contribution < 1.29 is 39.2 Å². The third kappa shape index (κ3) is 1.41. The van der Waals surface area contributed by atoms with Crippen molar-refractivity contribution in [2.75, 3.05) is 0 Å². The molecule has 2 atom stereocenters. The highest BCUT2D eigenvalue weighted by Gasteiger charge is 2.79. The molecule has 0 saturated carbocycles. The quantitative estimate of drug-likeness (QED) is 0.624. The maximum Gasteiger partial charge on any atom is 0.426 e. The number of hydrogen-bond donors (Lipinski definition) is 0. The number of alkyl halides is 7. The molecule has 0 N–H and O–H groups in total. The number of sulfone groups is 1. The summed E-state index contributed by atoms with van der Waals surface area (Å²) in [6.07, 6.45) is -8.74. The minimum Gasteiger partial charge on any atom is -0.229 e. The first kappa shape index (κ1) is 12.5. The standard InChI is InChI=1S/C5H3F7O2S/c6-2-3(7,5(10,11)12)1-4(8,9)15(2,13)14/h2H,1H2. The van der Waals surface area contributed by atoms with Gasteiger partial charge >= 0.3 is 11.4 Å². The molecule has 15 heavy (non-hydrogen) atoms. The molecule has 0 aromatic carbocycles. The molecule has 1 saturated heterocycles. The Hall–Kier alpha value is -0.540. The van der Waals surface area contributed by atoms with Gasteiger partial charge in [0.1, 0.15) is 0 Å². The van der Waals surface area contributed by atoms with Crippen LogP contribution in [0.2, 0.25) is 0 Å². The van der Waals surface area contributed by atoms with Crippen molar-refractivity contribution in [3.05, 3.63) is 0 Å². The topological polar surface area (TPSA) is 34.1 Å². The Kier molecular flexibility index (Phi) is 2.31. The van der Waals surface area contributed by atoms with E-state index in [2.05, 4.69) is 0 Å². The summed E-state index contributed by atoms with van der Waals surface area (Å²) in [5.74, 6) is 0. The Morgan fingerprint density at radius 3 is 1.67 bits per heavy atom. The highest BCUT2D eigenvalue weighted by atomic mass is 32.2. The highest BCUT2D eigenvalue weighted by molar-refractivity contribution is 7.93. The lowest BCUT2D eigenvalue weighted by Crippen LogP contribution is -2.46. The first-order chi connectivity index (χ1) is 6.36. The molecule has 1 aliphatic rings. The molecule has 0 aromatic rings. The van der Waals surface area contributed by atoms with Crippen LogP contribution in [0.5, 0.6) is 0 Å². The molecule has 1 fully saturated rings. The van der Waals surface area contributed by atoms with Crippen LogP contribution in [0.1, 0.15) is 6.42 Å². The lowest BCUT2D eigenvalue weighted by atomic mass is 10.0. The Labute approximate surface area is 79.0 Å². The van der Waals surface area contributed by atoms with Crippen molar-refractivity contribution in [3.63, 3.8) is 0 Å². The summed E-state index contributed by atoms with van der Waals surface area (Å²) in [7, 11) is -6.09. The van der Waals surface area contributed by atoms with Gasteiger partial charge in [-0.05, 0) is 0 Å². The molecule has 0 aliphatic carbocycles. The predicted octanol–water partition coefficient (Wildman–Crippen LogP) is 1.96. The van der Waals surface area contributed by atoms with Crippen molar-refractivity contribution >= 4 is 9.84 Å². The van der Waals surface area contributed by atoms with E-state index in [9.17, 15) is 39.2 Å². The van der Waals surface area contributed by atoms with Gasteiger partial charge in [-0.1, -0.05) is 0 Å². The Morgan fingerprint density at radius 2 is 1.53 bits per heavy atom. The van der Waals surface area contributed by atoms with Crippen molar-refractivity contribution in [3.8, 4) is 0 Å². The van der Waals surface area contributed by atoms with Gasteiger partial charge in [-0.2, -0.15) is 22.0 Å². The van der Waals surface area contributed by atoms with Gasteiger partial charge in [-0.25, -0.2) is 17.2 Å². The number of halogens is 7. The van der Waals surface area contributed by atoms with Gasteiger partial charge in [-0.15, -0.1) is 0 Å². The molecule has 10 heteroatoms. The molecule has 2 nitrogen and oxygen atoms in total. The van der Waals surface area contributed by atoms with Crippen molar-refractivity contribution in [1.29, 1.82) is 0 Å². The molecule has 2 unspecified atom stereocenters. The van der Waals surface area contributed by atoms with Gasteiger partial charge < -0.3 is 0 Å². The number of rotatable bonds is 0. The van der Waals surface area contributed by atoms with Crippen LogP contribution in [-0.2, 0) is 9.84 Å². The second kappa shape index (κ2) is 2.77. The summed E-state index contributed by atoms with van der Waals surface area (Å²) in [5.41, 5.74) is -9.34. The maximum absolute atomic E-state index is 12.8. The van der Waals surface area contributed by atoms with Crippen LogP contribution in [0.15, 0.2) is 0 Å². The van der Waals surface area contributed by atoms with E-state index in [0.29, 0.717) is 0 Å². The van der Waals surface area contributed by atoms with Crippen molar-refractivity contribution in [1.82, 2.24) is 0 Å². The minimum atomic E-state index is -6.09. The zero-order valence-electron chi connectivity index (χ0n) is 6.65. The summed E-state index contributed by atoms with van der Waals surface area (Å²) in [4.78, 5) is 0. The fourth-order valence-electron chi connectivity index (χ4n) is 1.11. The van der Waals surface area contributed by atoms with E-state index in [0.717, 1.165) is 0 Å². The van der Waals surface area contributed by atoms with Crippen molar-refractivity contribution in [2.24, 2.45) is 0 Å². The van der Waals surface area contributed by atoms with Crippen molar-refractivity contribution in [2.45, 2.75) is 29.0 Å². The zero-order chi connectivity index (χ0) is 12.3. The fraction of sp³-hybridized carbons (Fsp3) is 1.00. The molecule has 0 amide bonds. The predicted molar refractivity (Wildman–Crippen MR) is 33.3 cm³/mol. The SMILES string of the molecule is O=S1(=O)C(F)C(F)(C(F)(F)F)CC1(F)F. The third-order valence-corrected chi connectivity index (χ3v) is 3.88. The molecular weight excluding hydrogens is 257 g/mol. The van der Waals surface area contributed by atoms with E-state index in [1.54, 1.807) is 0 Å². The van der Waals surface area contributed by atoms with Crippen LogP contribution in [0.25, 0.3) is 0 Å². The minimum absolute atomic E-state index is 2.74. The summed E-state index contributed by atoms with van der Waals surface area (Å²) in [6.45, 7) is 0. The van der Waals surface area contributed by atoms with E-state index >= 15 is 0 Å². The highest BCUT2D eigenvalue weighted by Crippen LogP contribution is 2.55. The van der Waals surface area contributed by atoms with E-state index in [4.69, 9.17) is 0 Å². The molecule has 1 heterocycles. The molecule has 0 aromatic heterocycles. The summed E-state index contributed by atoms with van der Waals surface area (Å²) in [5, 5.41) is -5.04. The molecule has 0 radical (unpaired) electrons. The van der Waals surface area contributed by atoms with E-state index in [1.165, 1.54) is 0 Å². The van der Waals surface area contributed by atoms with Crippen LogP contribution in [0.3, 0.4) is 0 Å². The Morgan fingerprint density at radius 1 is 1.13 bits per heavy atom. The monoisotopic (exact) mass is 260 g/mol. The van der Waals surface area contributed by atoms with Crippen LogP contribution in [0, 0.1) is 0 Å². The van der Waals surface area contributed by atoms with Crippen LogP contribution in [0.4, 0.5) is 30.7 Å². The summed E-state index contributed by atoms with van der Waals surface area (Å²) >= 11 is 0. The van der Waals surface area contributed by atoms with Gasteiger partial charge in [0.2, 0.25) is 5.50 Å². The second-order valence-corrected chi connectivity index (χ2v) is 5.14. The normalized spacial score (nSPS) is 39.3. The van der Waals surface area contributed by atoms with E-state index in [1.807, 2.05) is 0 Å². The molecular formula is C5H3F7O2S. The molecule has 1 rings (SSSR count). The fourth-order valence-corrected chi connectivity index (χ4v) is 2.53. The Bertz CT molecular complexity index is 371. The average Bonchev–Trinajstić information content (AvgIpc) is 2.09. The molecule has 0 spiro atoms. The van der Waals surface area contributed by atoms with Crippen LogP contribution < -0.4 is 0 Å². The summed E-state index contributed by atoms with van der Waals surface area (Å²) < 4.78 is 107. The van der Waals surface area contributed by atoms with Gasteiger partial charge in [0.25, 0.3) is 15.5 Å². The Balaban J connectivity index is 3.34. The lowest BCUT2D eigenvalue weighted by Gasteiger charge is -2.22.